The summed E-state index contributed by atoms with van der Waals surface area (Å²) in [5.74, 6) is -0.744. The highest BCUT2D eigenvalue weighted by molar-refractivity contribution is 6.18. The van der Waals surface area contributed by atoms with Crippen LogP contribution in [0.2, 0.25) is 0 Å². The molecule has 0 saturated heterocycles. The monoisotopic (exact) mass is 336 g/mol. The van der Waals surface area contributed by atoms with Crippen molar-refractivity contribution < 1.29 is 19.1 Å². The summed E-state index contributed by atoms with van der Waals surface area (Å²) in [6, 6.07) is 0. The van der Waals surface area contributed by atoms with E-state index in [9.17, 15) is 14.4 Å². The molecular formula is C18H28N2O4. The molecule has 0 unspecified atom stereocenters. The summed E-state index contributed by atoms with van der Waals surface area (Å²) >= 11 is 0. The van der Waals surface area contributed by atoms with Gasteiger partial charge in [0.2, 0.25) is 5.91 Å². The van der Waals surface area contributed by atoms with Crippen LogP contribution in [0.4, 0.5) is 0 Å². The van der Waals surface area contributed by atoms with Crippen molar-refractivity contribution in [3.63, 3.8) is 0 Å². The molecule has 0 aromatic heterocycles. The molecule has 6 nitrogen and oxygen atoms in total. The van der Waals surface area contributed by atoms with Crippen molar-refractivity contribution in [2.75, 3.05) is 19.7 Å². The highest BCUT2D eigenvalue weighted by atomic mass is 16.5. The van der Waals surface area contributed by atoms with E-state index in [4.69, 9.17) is 4.74 Å². The molecule has 6 heteroatoms. The number of nitrogens with zero attached hydrogens (tertiary/aromatic N) is 1. The number of ether oxygens (including phenoxy) is 1. The third-order valence-corrected chi connectivity index (χ3v) is 4.84. The van der Waals surface area contributed by atoms with E-state index in [0.717, 1.165) is 17.7 Å². The van der Waals surface area contributed by atoms with Crippen molar-refractivity contribution in [2.45, 2.75) is 64.9 Å². The van der Waals surface area contributed by atoms with Crippen LogP contribution in [0.3, 0.4) is 0 Å². The van der Waals surface area contributed by atoms with E-state index in [0.29, 0.717) is 30.4 Å². The second kappa shape index (κ2) is 8.97. The highest BCUT2D eigenvalue weighted by Crippen LogP contribution is 2.20. The Morgan fingerprint density at radius 1 is 1.08 bits per heavy atom. The summed E-state index contributed by atoms with van der Waals surface area (Å²) in [6.45, 7) is 4.38. The van der Waals surface area contributed by atoms with Gasteiger partial charge in [-0.05, 0) is 26.7 Å². The lowest BCUT2D eigenvalue weighted by Gasteiger charge is -2.16. The fraction of sp³-hybridized carbons (Fsp3) is 0.722. The van der Waals surface area contributed by atoms with Crippen molar-refractivity contribution >= 4 is 17.7 Å². The van der Waals surface area contributed by atoms with E-state index in [-0.39, 0.29) is 30.7 Å². The van der Waals surface area contributed by atoms with Crippen molar-refractivity contribution in [1.82, 2.24) is 10.2 Å². The Hall–Kier alpha value is -1.69. The molecule has 1 saturated carbocycles. The first-order valence-corrected chi connectivity index (χ1v) is 8.92. The third kappa shape index (κ3) is 4.90. The van der Waals surface area contributed by atoms with Gasteiger partial charge in [-0.25, -0.2) is 0 Å². The van der Waals surface area contributed by atoms with Gasteiger partial charge in [0.05, 0.1) is 12.7 Å². The van der Waals surface area contributed by atoms with Gasteiger partial charge in [0.1, 0.15) is 0 Å². The summed E-state index contributed by atoms with van der Waals surface area (Å²) in [5.41, 5.74) is 0.939. The van der Waals surface area contributed by atoms with Crippen LogP contribution in [0.25, 0.3) is 0 Å². The maximum atomic E-state index is 11.9. The van der Waals surface area contributed by atoms with Crippen molar-refractivity contribution in [1.29, 1.82) is 0 Å². The smallest absolute Gasteiger partial charge is 0.256 e. The fourth-order valence-electron chi connectivity index (χ4n) is 3.15. The number of imide groups is 1. The number of amides is 3. The quantitative estimate of drug-likeness (QED) is 0.438. The summed E-state index contributed by atoms with van der Waals surface area (Å²) in [6.07, 6.45) is 7.70. The Balaban J connectivity index is 1.60. The lowest BCUT2D eigenvalue weighted by atomic mass is 10.1. The standard InChI is InChI=1S/C18H28N2O4/c1-13-14(2)18(23)20(17(13)22)11-9-16(21)19-10-12-24-15-7-5-3-4-6-8-15/h15H,3-12H2,1-2H3,(H,19,21). The lowest BCUT2D eigenvalue weighted by molar-refractivity contribution is -0.137. The molecule has 24 heavy (non-hydrogen) atoms. The molecule has 0 radical (unpaired) electrons. The van der Waals surface area contributed by atoms with Crippen LogP contribution in [-0.4, -0.2) is 48.4 Å². The largest absolute Gasteiger partial charge is 0.376 e. The van der Waals surface area contributed by atoms with Crippen LogP contribution < -0.4 is 5.32 Å². The summed E-state index contributed by atoms with van der Waals surface area (Å²) < 4.78 is 5.81. The SMILES string of the molecule is CC1=C(C)C(=O)N(CCC(=O)NCCOC2CCCCCC2)C1=O. The number of hydrogen-bond donors (Lipinski definition) is 1. The summed E-state index contributed by atoms with van der Waals surface area (Å²) in [7, 11) is 0. The van der Waals surface area contributed by atoms with Gasteiger partial charge in [0, 0.05) is 30.7 Å². The van der Waals surface area contributed by atoms with Gasteiger partial charge in [-0.15, -0.1) is 0 Å². The molecule has 1 fully saturated rings. The van der Waals surface area contributed by atoms with E-state index in [2.05, 4.69) is 5.32 Å². The number of carbonyl (C=O) groups excluding carboxylic acids is 3. The Kier molecular flexibility index (Phi) is 6.97. The predicted molar refractivity (Wildman–Crippen MR) is 90.2 cm³/mol. The van der Waals surface area contributed by atoms with Gasteiger partial charge >= 0.3 is 0 Å². The molecule has 2 aliphatic rings. The molecule has 1 aliphatic heterocycles. The van der Waals surface area contributed by atoms with E-state index < -0.39 is 0 Å². The lowest BCUT2D eigenvalue weighted by Crippen LogP contribution is -2.36. The topological polar surface area (TPSA) is 75.7 Å². The van der Waals surface area contributed by atoms with Gasteiger partial charge in [-0.3, -0.25) is 19.3 Å². The van der Waals surface area contributed by atoms with E-state index >= 15 is 0 Å². The first kappa shape index (κ1) is 18.6. The van der Waals surface area contributed by atoms with Crippen molar-refractivity contribution in [3.05, 3.63) is 11.1 Å². The van der Waals surface area contributed by atoms with Gasteiger partial charge in [0.15, 0.2) is 0 Å². The Morgan fingerprint density at radius 2 is 1.67 bits per heavy atom. The number of carbonyl (C=O) groups is 3. The minimum absolute atomic E-state index is 0.126. The van der Waals surface area contributed by atoms with Gasteiger partial charge < -0.3 is 10.1 Å². The molecule has 1 heterocycles. The first-order chi connectivity index (χ1) is 11.5. The van der Waals surface area contributed by atoms with Crippen LogP contribution in [-0.2, 0) is 19.1 Å². The van der Waals surface area contributed by atoms with Crippen LogP contribution in [0.1, 0.15) is 58.8 Å². The van der Waals surface area contributed by atoms with Crippen molar-refractivity contribution in [3.8, 4) is 0 Å². The van der Waals surface area contributed by atoms with Crippen LogP contribution >= 0.6 is 0 Å². The first-order valence-electron chi connectivity index (χ1n) is 8.92. The average molecular weight is 336 g/mol. The number of rotatable bonds is 7. The highest BCUT2D eigenvalue weighted by Gasteiger charge is 2.33. The van der Waals surface area contributed by atoms with Crippen molar-refractivity contribution in [2.24, 2.45) is 0 Å². The van der Waals surface area contributed by atoms with E-state index in [1.165, 1.54) is 25.7 Å². The molecular weight excluding hydrogens is 308 g/mol. The molecule has 3 amide bonds. The Bertz CT molecular complexity index is 495. The third-order valence-electron chi connectivity index (χ3n) is 4.84. The Morgan fingerprint density at radius 3 is 2.25 bits per heavy atom. The van der Waals surface area contributed by atoms with E-state index in [1.54, 1.807) is 13.8 Å². The second-order valence-corrected chi connectivity index (χ2v) is 6.60. The maximum absolute atomic E-state index is 11.9. The molecule has 134 valence electrons. The molecule has 0 aromatic carbocycles. The number of hydrogen-bond acceptors (Lipinski definition) is 4. The average Bonchev–Trinajstić information content (AvgIpc) is 2.79. The van der Waals surface area contributed by atoms with Gasteiger partial charge in [-0.2, -0.15) is 0 Å². The molecule has 0 spiro atoms. The molecule has 0 aromatic rings. The number of nitrogens with one attached hydrogen (secondary N) is 1. The Labute approximate surface area is 143 Å². The van der Waals surface area contributed by atoms with Crippen LogP contribution in [0, 0.1) is 0 Å². The van der Waals surface area contributed by atoms with Crippen LogP contribution in [0.15, 0.2) is 11.1 Å². The summed E-state index contributed by atoms with van der Waals surface area (Å²) in [4.78, 5) is 36.8. The maximum Gasteiger partial charge on any atom is 0.256 e. The molecule has 2 rings (SSSR count). The zero-order valence-electron chi connectivity index (χ0n) is 14.7. The van der Waals surface area contributed by atoms with Gasteiger partial charge in [0.25, 0.3) is 11.8 Å². The fourth-order valence-corrected chi connectivity index (χ4v) is 3.15. The van der Waals surface area contributed by atoms with E-state index in [1.807, 2.05) is 0 Å². The molecule has 1 aliphatic carbocycles. The minimum Gasteiger partial charge on any atom is -0.376 e. The molecule has 0 bridgehead atoms. The zero-order valence-corrected chi connectivity index (χ0v) is 14.7. The zero-order chi connectivity index (χ0) is 17.5. The molecule has 1 N–H and O–H groups in total. The normalized spacial score (nSPS) is 19.8. The van der Waals surface area contributed by atoms with Crippen LogP contribution in [0.5, 0.6) is 0 Å². The van der Waals surface area contributed by atoms with Gasteiger partial charge in [-0.1, -0.05) is 25.7 Å². The second-order valence-electron chi connectivity index (χ2n) is 6.60. The predicted octanol–water partition coefficient (Wildman–Crippen LogP) is 1.94. The minimum atomic E-state index is -0.290. The summed E-state index contributed by atoms with van der Waals surface area (Å²) in [5, 5.41) is 2.79. The molecule has 0 atom stereocenters.